The maximum absolute atomic E-state index is 11.3. The summed E-state index contributed by atoms with van der Waals surface area (Å²) >= 11 is 0. The number of esters is 1. The predicted molar refractivity (Wildman–Crippen MR) is 58.8 cm³/mol. The molecule has 0 aromatic carbocycles. The van der Waals surface area contributed by atoms with Crippen LogP contribution in [0.2, 0.25) is 0 Å². The van der Waals surface area contributed by atoms with Gasteiger partial charge in [0.05, 0.1) is 19.1 Å². The number of aromatic nitrogens is 1. The lowest BCUT2D eigenvalue weighted by molar-refractivity contribution is -0.139. The summed E-state index contributed by atoms with van der Waals surface area (Å²) in [6.45, 7) is 4.00. The zero-order valence-electron chi connectivity index (χ0n) is 9.65. The number of rotatable bonds is 3. The number of carbonyl (C=O) groups excluding carboxylic acids is 1. The molecule has 0 amide bonds. The number of pyridine rings is 1. The summed E-state index contributed by atoms with van der Waals surface area (Å²) in [5.74, 6) is -0.120. The molecule has 0 atom stereocenters. The first-order valence-electron chi connectivity index (χ1n) is 5.03. The van der Waals surface area contributed by atoms with Crippen LogP contribution in [-0.4, -0.2) is 18.1 Å². The fourth-order valence-electron chi connectivity index (χ4n) is 1.51. The monoisotopic (exact) mass is 218 g/mol. The second-order valence-corrected chi connectivity index (χ2v) is 3.77. The molecule has 84 valence electrons. The molecule has 4 heteroatoms. The smallest absolute Gasteiger partial charge is 0.310 e. The Labute approximate surface area is 94.9 Å². The van der Waals surface area contributed by atoms with E-state index in [-0.39, 0.29) is 18.3 Å². The zero-order valence-corrected chi connectivity index (χ0v) is 9.65. The van der Waals surface area contributed by atoms with Gasteiger partial charge in [0.15, 0.2) is 0 Å². The highest BCUT2D eigenvalue weighted by Crippen LogP contribution is 2.22. The van der Waals surface area contributed by atoms with Gasteiger partial charge in [-0.15, -0.1) is 0 Å². The quantitative estimate of drug-likeness (QED) is 0.725. The molecule has 16 heavy (non-hydrogen) atoms. The van der Waals surface area contributed by atoms with Gasteiger partial charge in [0.2, 0.25) is 0 Å². The molecule has 0 aliphatic carbocycles. The molecule has 0 N–H and O–H groups in total. The van der Waals surface area contributed by atoms with Crippen molar-refractivity contribution < 1.29 is 9.53 Å². The molecule has 0 fully saturated rings. The normalized spacial score (nSPS) is 9.94. The minimum Gasteiger partial charge on any atom is -0.469 e. The van der Waals surface area contributed by atoms with Crippen molar-refractivity contribution >= 4 is 5.97 Å². The van der Waals surface area contributed by atoms with Crippen LogP contribution in [0.25, 0.3) is 0 Å². The average molecular weight is 218 g/mol. The number of hydrogen-bond acceptors (Lipinski definition) is 4. The van der Waals surface area contributed by atoms with Gasteiger partial charge < -0.3 is 4.74 Å². The minimum atomic E-state index is -0.343. The van der Waals surface area contributed by atoms with E-state index in [1.165, 1.54) is 13.3 Å². The van der Waals surface area contributed by atoms with E-state index < -0.39 is 0 Å². The largest absolute Gasteiger partial charge is 0.469 e. The zero-order chi connectivity index (χ0) is 12.1. The van der Waals surface area contributed by atoms with Crippen LogP contribution in [0, 0.1) is 11.3 Å². The summed E-state index contributed by atoms with van der Waals surface area (Å²) < 4.78 is 4.62. The maximum atomic E-state index is 11.3. The predicted octanol–water partition coefficient (Wildman–Crippen LogP) is 1.79. The summed E-state index contributed by atoms with van der Waals surface area (Å²) in [4.78, 5) is 15.3. The van der Waals surface area contributed by atoms with Crippen LogP contribution >= 0.6 is 0 Å². The first-order chi connectivity index (χ1) is 7.60. The van der Waals surface area contributed by atoms with Crippen molar-refractivity contribution in [1.82, 2.24) is 4.98 Å². The average Bonchev–Trinajstić information content (AvgIpc) is 2.28. The number of methoxy groups -OCH3 is 1. The Morgan fingerprint density at radius 1 is 1.56 bits per heavy atom. The Balaban J connectivity index is 3.21. The van der Waals surface area contributed by atoms with E-state index in [1.807, 2.05) is 13.8 Å². The molecule has 0 saturated heterocycles. The topological polar surface area (TPSA) is 63.0 Å². The van der Waals surface area contributed by atoms with Crippen molar-refractivity contribution in [2.45, 2.75) is 26.2 Å². The van der Waals surface area contributed by atoms with Gasteiger partial charge in [-0.2, -0.15) is 5.26 Å². The van der Waals surface area contributed by atoms with E-state index in [0.29, 0.717) is 5.56 Å². The van der Waals surface area contributed by atoms with Crippen LogP contribution in [0.1, 0.15) is 36.5 Å². The van der Waals surface area contributed by atoms with Crippen molar-refractivity contribution in [2.75, 3.05) is 7.11 Å². The van der Waals surface area contributed by atoms with Crippen LogP contribution in [-0.2, 0) is 16.0 Å². The molecule has 0 aliphatic heterocycles. The maximum Gasteiger partial charge on any atom is 0.310 e. The molecule has 1 rings (SSSR count). The summed E-state index contributed by atoms with van der Waals surface area (Å²) in [5.41, 5.74) is 2.08. The van der Waals surface area contributed by atoms with E-state index in [4.69, 9.17) is 5.26 Å². The highest BCUT2D eigenvalue weighted by Gasteiger charge is 2.15. The van der Waals surface area contributed by atoms with Gasteiger partial charge in [0.25, 0.3) is 0 Å². The molecule has 0 aliphatic rings. The van der Waals surface area contributed by atoms with Crippen molar-refractivity contribution in [3.8, 4) is 6.07 Å². The lowest BCUT2D eigenvalue weighted by atomic mass is 9.94. The molecule has 1 aromatic heterocycles. The summed E-state index contributed by atoms with van der Waals surface area (Å²) in [6, 6.07) is 2.05. The van der Waals surface area contributed by atoms with Gasteiger partial charge in [0.1, 0.15) is 6.07 Å². The highest BCUT2D eigenvalue weighted by atomic mass is 16.5. The van der Waals surface area contributed by atoms with Gasteiger partial charge >= 0.3 is 5.97 Å². The van der Waals surface area contributed by atoms with Crippen molar-refractivity contribution in [1.29, 1.82) is 5.26 Å². The Bertz CT molecular complexity index is 433. The first-order valence-corrected chi connectivity index (χ1v) is 5.03. The Morgan fingerprint density at radius 3 is 2.75 bits per heavy atom. The van der Waals surface area contributed by atoms with Crippen LogP contribution in [0.15, 0.2) is 12.4 Å². The van der Waals surface area contributed by atoms with Crippen molar-refractivity contribution in [3.05, 3.63) is 29.1 Å². The number of ether oxygens (including phenoxy) is 1. The molecular weight excluding hydrogens is 204 g/mol. The van der Waals surface area contributed by atoms with Gasteiger partial charge in [-0.3, -0.25) is 9.78 Å². The molecule has 1 heterocycles. The van der Waals surface area contributed by atoms with Crippen LogP contribution < -0.4 is 0 Å². The van der Waals surface area contributed by atoms with Gasteiger partial charge in [0, 0.05) is 12.4 Å². The van der Waals surface area contributed by atoms with E-state index in [1.54, 1.807) is 6.20 Å². The number of nitrogens with zero attached hydrogens (tertiary/aromatic N) is 2. The highest BCUT2D eigenvalue weighted by molar-refractivity contribution is 5.74. The third-order valence-electron chi connectivity index (χ3n) is 2.38. The molecular formula is C12H14N2O2. The van der Waals surface area contributed by atoms with E-state index in [2.05, 4.69) is 15.8 Å². The molecule has 0 bridgehead atoms. The Hall–Kier alpha value is -1.89. The SMILES string of the molecule is COC(=O)Cc1c(C#N)cncc1C(C)C. The fourth-order valence-corrected chi connectivity index (χ4v) is 1.51. The second kappa shape index (κ2) is 5.26. The molecule has 0 unspecified atom stereocenters. The Kier molecular flexibility index (Phi) is 4.01. The second-order valence-electron chi connectivity index (χ2n) is 3.77. The number of nitriles is 1. The number of hydrogen-bond donors (Lipinski definition) is 0. The van der Waals surface area contributed by atoms with Crippen molar-refractivity contribution in [2.24, 2.45) is 0 Å². The van der Waals surface area contributed by atoms with Crippen LogP contribution in [0.5, 0.6) is 0 Å². The summed E-state index contributed by atoms with van der Waals surface area (Å²) in [5, 5.41) is 8.97. The van der Waals surface area contributed by atoms with Crippen molar-refractivity contribution in [3.63, 3.8) is 0 Å². The van der Waals surface area contributed by atoms with E-state index in [9.17, 15) is 4.79 Å². The van der Waals surface area contributed by atoms with Gasteiger partial charge in [-0.05, 0) is 17.0 Å². The number of carbonyl (C=O) groups is 1. The third-order valence-corrected chi connectivity index (χ3v) is 2.38. The summed E-state index contributed by atoms with van der Waals surface area (Å²) in [6.07, 6.45) is 3.30. The van der Waals surface area contributed by atoms with Gasteiger partial charge in [-0.25, -0.2) is 0 Å². The first kappa shape index (κ1) is 12.2. The van der Waals surface area contributed by atoms with Crippen LogP contribution in [0.4, 0.5) is 0 Å². The fraction of sp³-hybridized carbons (Fsp3) is 0.417. The minimum absolute atomic E-state index is 0.120. The van der Waals surface area contributed by atoms with E-state index in [0.717, 1.165) is 11.1 Å². The molecule has 0 spiro atoms. The summed E-state index contributed by atoms with van der Waals surface area (Å²) in [7, 11) is 1.34. The molecule has 0 saturated carbocycles. The third kappa shape index (κ3) is 2.57. The molecule has 1 aromatic rings. The molecule has 0 radical (unpaired) electrons. The van der Waals surface area contributed by atoms with Gasteiger partial charge in [-0.1, -0.05) is 13.8 Å². The lowest BCUT2D eigenvalue weighted by Crippen LogP contribution is -2.10. The standard InChI is InChI=1S/C12H14N2O2/c1-8(2)11-7-14-6-9(5-13)10(11)4-12(15)16-3/h6-8H,4H2,1-3H3. The van der Waals surface area contributed by atoms with E-state index >= 15 is 0 Å². The lowest BCUT2D eigenvalue weighted by Gasteiger charge is -2.12. The Morgan fingerprint density at radius 2 is 2.25 bits per heavy atom. The molecule has 4 nitrogen and oxygen atoms in total. The van der Waals surface area contributed by atoms with Crippen LogP contribution in [0.3, 0.4) is 0 Å².